The number of para-hydroxylation sites is 2. The lowest BCUT2D eigenvalue weighted by Gasteiger charge is -2.21. The first kappa shape index (κ1) is 20.6. The van der Waals surface area contributed by atoms with Crippen molar-refractivity contribution in [1.29, 1.82) is 0 Å². The molecule has 0 aromatic heterocycles. The highest BCUT2D eigenvalue weighted by atomic mass is 16.5. The third-order valence-electron chi connectivity index (χ3n) is 5.23. The number of anilines is 1. The van der Waals surface area contributed by atoms with Crippen molar-refractivity contribution in [2.75, 3.05) is 25.6 Å². The lowest BCUT2D eigenvalue weighted by molar-refractivity contribution is -0.136. The van der Waals surface area contributed by atoms with E-state index in [1.165, 1.54) is 4.90 Å². The minimum Gasteiger partial charge on any atom is -0.496 e. The largest absolute Gasteiger partial charge is 0.496 e. The van der Waals surface area contributed by atoms with Crippen molar-refractivity contribution >= 4 is 23.1 Å². The lowest BCUT2D eigenvalue weighted by atomic mass is 10.0. The fourth-order valence-electron chi connectivity index (χ4n) is 3.65. The second-order valence-electron chi connectivity index (χ2n) is 7.14. The van der Waals surface area contributed by atoms with Gasteiger partial charge >= 0.3 is 0 Å². The molecular formula is C24H28N2O3. The number of benzene rings is 2. The van der Waals surface area contributed by atoms with E-state index in [0.29, 0.717) is 29.1 Å². The first-order chi connectivity index (χ1) is 14.1. The van der Waals surface area contributed by atoms with Gasteiger partial charge in [-0.2, -0.15) is 0 Å². The van der Waals surface area contributed by atoms with E-state index in [9.17, 15) is 9.59 Å². The number of amides is 2. The smallest absolute Gasteiger partial charge is 0.278 e. The zero-order valence-corrected chi connectivity index (χ0v) is 17.4. The van der Waals surface area contributed by atoms with Crippen LogP contribution in [0.3, 0.4) is 0 Å². The maximum absolute atomic E-state index is 13.4. The molecular weight excluding hydrogens is 364 g/mol. The van der Waals surface area contributed by atoms with E-state index >= 15 is 0 Å². The Balaban J connectivity index is 2.04. The van der Waals surface area contributed by atoms with Crippen LogP contribution in [0.5, 0.6) is 5.75 Å². The van der Waals surface area contributed by atoms with Gasteiger partial charge in [-0.1, -0.05) is 62.6 Å². The maximum atomic E-state index is 13.4. The number of methoxy groups -OCH3 is 1. The molecule has 0 saturated heterocycles. The van der Waals surface area contributed by atoms with Crippen molar-refractivity contribution in [2.45, 2.75) is 32.6 Å². The van der Waals surface area contributed by atoms with Crippen LogP contribution in [0.2, 0.25) is 0 Å². The van der Waals surface area contributed by atoms with Crippen LogP contribution in [0.25, 0.3) is 5.57 Å². The van der Waals surface area contributed by atoms with E-state index < -0.39 is 0 Å². The van der Waals surface area contributed by atoms with Crippen LogP contribution in [0.1, 0.15) is 38.2 Å². The number of hydrogen-bond acceptors (Lipinski definition) is 4. The Kier molecular flexibility index (Phi) is 6.70. The van der Waals surface area contributed by atoms with Gasteiger partial charge in [0.15, 0.2) is 0 Å². The number of carbonyl (C=O) groups is 2. The van der Waals surface area contributed by atoms with Gasteiger partial charge in [0.25, 0.3) is 11.8 Å². The standard InChI is InChI=1S/C24H28N2O3/c1-4-5-6-12-17-26-23(27)21(19-15-10-11-16-20(19)29-3)22(24(26)28)25(2)18-13-8-7-9-14-18/h7-11,13-16H,4-6,12,17H2,1-3H3. The summed E-state index contributed by atoms with van der Waals surface area (Å²) in [5, 5.41) is 0. The number of carbonyl (C=O) groups excluding carboxylic acids is 2. The van der Waals surface area contributed by atoms with Gasteiger partial charge in [0.05, 0.1) is 12.7 Å². The zero-order chi connectivity index (χ0) is 20.8. The average Bonchev–Trinajstić information content (AvgIpc) is 3.01. The Morgan fingerprint density at radius 1 is 0.897 bits per heavy atom. The van der Waals surface area contributed by atoms with Gasteiger partial charge in [0.1, 0.15) is 11.4 Å². The van der Waals surface area contributed by atoms with Crippen molar-refractivity contribution in [3.63, 3.8) is 0 Å². The van der Waals surface area contributed by atoms with Crippen LogP contribution in [0.15, 0.2) is 60.3 Å². The Labute approximate surface area is 172 Å². The normalized spacial score (nSPS) is 14.0. The van der Waals surface area contributed by atoms with Crippen molar-refractivity contribution in [2.24, 2.45) is 0 Å². The van der Waals surface area contributed by atoms with Crippen LogP contribution in [0.4, 0.5) is 5.69 Å². The highest BCUT2D eigenvalue weighted by molar-refractivity contribution is 6.37. The Morgan fingerprint density at radius 3 is 2.28 bits per heavy atom. The molecule has 1 heterocycles. The highest BCUT2D eigenvalue weighted by Crippen LogP contribution is 2.37. The van der Waals surface area contributed by atoms with E-state index in [1.54, 1.807) is 12.0 Å². The molecule has 5 nitrogen and oxygen atoms in total. The molecule has 0 N–H and O–H groups in total. The molecule has 0 unspecified atom stereocenters. The highest BCUT2D eigenvalue weighted by Gasteiger charge is 2.41. The fraction of sp³-hybridized carbons (Fsp3) is 0.333. The molecule has 152 valence electrons. The fourth-order valence-corrected chi connectivity index (χ4v) is 3.65. The van der Waals surface area contributed by atoms with Crippen LogP contribution >= 0.6 is 0 Å². The van der Waals surface area contributed by atoms with Gasteiger partial charge in [-0.15, -0.1) is 0 Å². The molecule has 0 spiro atoms. The van der Waals surface area contributed by atoms with Gasteiger partial charge < -0.3 is 9.64 Å². The first-order valence-electron chi connectivity index (χ1n) is 10.1. The van der Waals surface area contributed by atoms with E-state index in [4.69, 9.17) is 4.74 Å². The second-order valence-corrected chi connectivity index (χ2v) is 7.14. The summed E-state index contributed by atoms with van der Waals surface area (Å²) in [7, 11) is 3.40. The number of hydrogen-bond donors (Lipinski definition) is 0. The molecule has 0 bridgehead atoms. The molecule has 2 amide bonds. The quantitative estimate of drug-likeness (QED) is 0.466. The third-order valence-corrected chi connectivity index (χ3v) is 5.23. The number of imide groups is 1. The van der Waals surface area contributed by atoms with Crippen molar-refractivity contribution in [1.82, 2.24) is 4.90 Å². The molecule has 2 aromatic rings. The summed E-state index contributed by atoms with van der Waals surface area (Å²) in [6, 6.07) is 17.0. The molecule has 0 radical (unpaired) electrons. The number of likely N-dealkylation sites (N-methyl/N-ethyl adjacent to an activating group) is 1. The molecule has 1 aliphatic heterocycles. The van der Waals surface area contributed by atoms with Crippen molar-refractivity contribution in [3.05, 3.63) is 65.9 Å². The molecule has 0 aliphatic carbocycles. The summed E-state index contributed by atoms with van der Waals surface area (Å²) in [4.78, 5) is 29.9. The van der Waals surface area contributed by atoms with Crippen LogP contribution < -0.4 is 9.64 Å². The number of rotatable bonds is 9. The minimum absolute atomic E-state index is 0.251. The lowest BCUT2D eigenvalue weighted by Crippen LogP contribution is -2.35. The number of nitrogens with zero attached hydrogens (tertiary/aromatic N) is 2. The minimum atomic E-state index is -0.256. The molecule has 2 aromatic carbocycles. The zero-order valence-electron chi connectivity index (χ0n) is 17.4. The summed E-state index contributed by atoms with van der Waals surface area (Å²) >= 11 is 0. The molecule has 0 atom stereocenters. The molecule has 3 rings (SSSR count). The van der Waals surface area contributed by atoms with Crippen molar-refractivity contribution < 1.29 is 14.3 Å². The summed E-state index contributed by atoms with van der Waals surface area (Å²) in [5.41, 5.74) is 2.28. The Morgan fingerprint density at radius 2 is 1.59 bits per heavy atom. The van der Waals surface area contributed by atoms with Gasteiger partial charge in [-0.05, 0) is 24.6 Å². The predicted molar refractivity (Wildman–Crippen MR) is 116 cm³/mol. The van der Waals surface area contributed by atoms with Crippen LogP contribution in [-0.4, -0.2) is 37.4 Å². The third kappa shape index (κ3) is 4.19. The summed E-state index contributed by atoms with van der Waals surface area (Å²) in [5.74, 6) is 0.0722. The predicted octanol–water partition coefficient (Wildman–Crippen LogP) is 4.49. The number of unbranched alkanes of at least 4 members (excludes halogenated alkanes) is 3. The maximum Gasteiger partial charge on any atom is 0.278 e. The number of ether oxygens (including phenoxy) is 1. The van der Waals surface area contributed by atoms with Crippen molar-refractivity contribution in [3.8, 4) is 5.75 Å². The summed E-state index contributed by atoms with van der Waals surface area (Å²) < 4.78 is 5.49. The second kappa shape index (κ2) is 9.41. The molecule has 0 fully saturated rings. The summed E-state index contributed by atoms with van der Waals surface area (Å²) in [6.07, 6.45) is 4.02. The SMILES string of the molecule is CCCCCCN1C(=O)C(c2ccccc2OC)=C(N(C)c2ccccc2)C1=O. The first-order valence-corrected chi connectivity index (χ1v) is 10.1. The van der Waals surface area contributed by atoms with E-state index in [0.717, 1.165) is 31.4 Å². The Hall–Kier alpha value is -3.08. The van der Waals surface area contributed by atoms with Gasteiger partial charge in [-0.3, -0.25) is 14.5 Å². The average molecular weight is 392 g/mol. The van der Waals surface area contributed by atoms with Gasteiger partial charge in [0.2, 0.25) is 0 Å². The van der Waals surface area contributed by atoms with E-state index in [-0.39, 0.29) is 11.8 Å². The van der Waals surface area contributed by atoms with Gasteiger partial charge in [0, 0.05) is 24.8 Å². The van der Waals surface area contributed by atoms with Gasteiger partial charge in [-0.25, -0.2) is 0 Å². The monoisotopic (exact) mass is 392 g/mol. The molecule has 1 aliphatic rings. The van der Waals surface area contributed by atoms with E-state index in [2.05, 4.69) is 6.92 Å². The Bertz CT molecular complexity index is 905. The van der Waals surface area contributed by atoms with E-state index in [1.807, 2.05) is 61.6 Å². The van der Waals surface area contributed by atoms with Crippen LogP contribution in [-0.2, 0) is 9.59 Å². The molecule has 5 heteroatoms. The van der Waals surface area contributed by atoms with Crippen LogP contribution in [0, 0.1) is 0 Å². The topological polar surface area (TPSA) is 49.9 Å². The molecule has 0 saturated carbocycles. The summed E-state index contributed by atoms with van der Waals surface area (Å²) in [6.45, 7) is 2.57. The molecule has 29 heavy (non-hydrogen) atoms.